The van der Waals surface area contributed by atoms with Crippen molar-refractivity contribution in [1.29, 1.82) is 0 Å². The molecule has 0 aliphatic heterocycles. The molecule has 2 atom stereocenters. The highest BCUT2D eigenvalue weighted by molar-refractivity contribution is 7.99. The smallest absolute Gasteiger partial charge is 0.321 e. The molecule has 150 valence electrons. The topological polar surface area (TPSA) is 99.8 Å². The quantitative estimate of drug-likeness (QED) is 0.643. The molecule has 3 rings (SSSR count). The van der Waals surface area contributed by atoms with Gasteiger partial charge in [-0.15, -0.1) is 5.10 Å². The fraction of sp³-hybridized carbons (Fsp3) is 0.500. The van der Waals surface area contributed by atoms with Gasteiger partial charge in [-0.25, -0.2) is 9.78 Å². The van der Waals surface area contributed by atoms with Gasteiger partial charge >= 0.3 is 6.03 Å². The van der Waals surface area contributed by atoms with Gasteiger partial charge in [0.1, 0.15) is 0 Å². The van der Waals surface area contributed by atoms with Crippen LogP contribution in [-0.4, -0.2) is 38.9 Å². The third kappa shape index (κ3) is 5.58. The van der Waals surface area contributed by atoms with Crippen molar-refractivity contribution < 1.29 is 9.59 Å². The Bertz CT molecular complexity index is 805. The van der Waals surface area contributed by atoms with E-state index in [0.29, 0.717) is 16.9 Å². The molecular formula is C20H27N5O2S. The highest BCUT2D eigenvalue weighted by Gasteiger charge is 2.23. The van der Waals surface area contributed by atoms with Crippen LogP contribution in [0.4, 0.5) is 4.79 Å². The van der Waals surface area contributed by atoms with Crippen LogP contribution < -0.4 is 10.6 Å². The third-order valence-electron chi connectivity index (χ3n) is 5.11. The van der Waals surface area contributed by atoms with Crippen LogP contribution in [0.25, 0.3) is 11.4 Å². The fourth-order valence-corrected chi connectivity index (χ4v) is 3.96. The number of urea groups is 1. The first-order chi connectivity index (χ1) is 13.5. The number of amides is 3. The zero-order chi connectivity index (χ0) is 19.9. The molecule has 1 fully saturated rings. The molecule has 0 bridgehead atoms. The van der Waals surface area contributed by atoms with Gasteiger partial charge in [0.25, 0.3) is 0 Å². The van der Waals surface area contributed by atoms with Gasteiger partial charge in [-0.2, -0.15) is 0 Å². The lowest BCUT2D eigenvalue weighted by Crippen LogP contribution is -2.48. The van der Waals surface area contributed by atoms with Crippen LogP contribution in [0.2, 0.25) is 0 Å². The number of carbonyl (C=O) groups excluding carboxylic acids is 2. The first kappa shape index (κ1) is 20.4. The number of aromatic amines is 1. The maximum atomic E-state index is 12.0. The zero-order valence-electron chi connectivity index (χ0n) is 16.3. The number of thioether (sulfide) groups is 1. The molecule has 1 aromatic carbocycles. The monoisotopic (exact) mass is 401 g/mol. The van der Waals surface area contributed by atoms with Gasteiger partial charge < -0.3 is 5.32 Å². The second-order valence-corrected chi connectivity index (χ2v) is 8.14. The predicted octanol–water partition coefficient (Wildman–Crippen LogP) is 3.53. The van der Waals surface area contributed by atoms with Crippen LogP contribution in [0.1, 0.15) is 45.1 Å². The first-order valence-corrected chi connectivity index (χ1v) is 10.8. The van der Waals surface area contributed by atoms with Gasteiger partial charge in [0.15, 0.2) is 5.82 Å². The number of nitrogens with zero attached hydrogens (tertiary/aromatic N) is 2. The van der Waals surface area contributed by atoms with Crippen LogP contribution in [0.5, 0.6) is 0 Å². The molecular weight excluding hydrogens is 374 g/mol. The number of nitrogens with one attached hydrogen (secondary N) is 3. The van der Waals surface area contributed by atoms with E-state index in [2.05, 4.69) is 51.8 Å². The standard InChI is InChI=1S/C20H27N5O2S/c1-3-14-8-10-15(11-9-14)18-23-20(25-24-18)28-12-17(26)22-19(27)21-16-7-5-4-6-13(16)2/h8-11,13,16H,3-7,12H2,1-2H3,(H,23,24,25)(H2,21,22,26,27)/t13-,16+/m0/s1. The number of hydrogen-bond acceptors (Lipinski definition) is 5. The van der Waals surface area contributed by atoms with Gasteiger partial charge in [-0.3, -0.25) is 15.2 Å². The molecule has 1 heterocycles. The molecule has 0 radical (unpaired) electrons. The minimum atomic E-state index is -0.420. The highest BCUT2D eigenvalue weighted by Crippen LogP contribution is 2.23. The van der Waals surface area contributed by atoms with E-state index in [9.17, 15) is 9.59 Å². The molecule has 2 aromatic rings. The Morgan fingerprint density at radius 1 is 1.21 bits per heavy atom. The molecule has 0 saturated heterocycles. The van der Waals surface area contributed by atoms with Gasteiger partial charge in [0, 0.05) is 11.6 Å². The minimum absolute atomic E-state index is 0.0830. The number of imide groups is 1. The van der Waals surface area contributed by atoms with Crippen molar-refractivity contribution in [3.05, 3.63) is 29.8 Å². The molecule has 3 N–H and O–H groups in total. The molecule has 8 heteroatoms. The molecule has 1 saturated carbocycles. The average molecular weight is 402 g/mol. The maximum Gasteiger partial charge on any atom is 0.321 e. The summed E-state index contributed by atoms with van der Waals surface area (Å²) in [5.74, 6) is 0.834. The predicted molar refractivity (Wildman–Crippen MR) is 110 cm³/mol. The van der Waals surface area contributed by atoms with E-state index < -0.39 is 6.03 Å². The number of benzene rings is 1. The van der Waals surface area contributed by atoms with Crippen LogP contribution in [0.3, 0.4) is 0 Å². The van der Waals surface area contributed by atoms with Crippen molar-refractivity contribution in [2.45, 2.75) is 57.1 Å². The van der Waals surface area contributed by atoms with E-state index in [0.717, 1.165) is 31.2 Å². The van der Waals surface area contributed by atoms with Crippen LogP contribution >= 0.6 is 11.8 Å². The second-order valence-electron chi connectivity index (χ2n) is 7.20. The molecule has 7 nitrogen and oxygen atoms in total. The van der Waals surface area contributed by atoms with Crippen molar-refractivity contribution >= 4 is 23.7 Å². The molecule has 1 aliphatic rings. The summed E-state index contributed by atoms with van der Waals surface area (Å²) in [6, 6.07) is 7.84. The lowest BCUT2D eigenvalue weighted by atomic mass is 9.86. The van der Waals surface area contributed by atoms with Crippen LogP contribution in [0, 0.1) is 5.92 Å². The molecule has 1 aromatic heterocycles. The fourth-order valence-electron chi connectivity index (χ4n) is 3.37. The van der Waals surface area contributed by atoms with E-state index in [1.165, 1.54) is 23.7 Å². The first-order valence-electron chi connectivity index (χ1n) is 9.80. The lowest BCUT2D eigenvalue weighted by molar-refractivity contribution is -0.117. The van der Waals surface area contributed by atoms with E-state index >= 15 is 0 Å². The van der Waals surface area contributed by atoms with Gasteiger partial charge in [0.2, 0.25) is 11.1 Å². The summed E-state index contributed by atoms with van der Waals surface area (Å²) in [6.07, 6.45) is 5.39. The number of H-pyrrole nitrogens is 1. The maximum absolute atomic E-state index is 12.0. The molecule has 3 amide bonds. The Labute approximate surface area is 169 Å². The average Bonchev–Trinajstić information content (AvgIpc) is 3.17. The SMILES string of the molecule is CCc1ccc(-c2nc(SCC(=O)NC(=O)N[C@@H]3CCCC[C@@H]3C)n[nH]2)cc1. The molecule has 0 unspecified atom stereocenters. The van der Waals surface area contributed by atoms with Crippen molar-refractivity contribution in [3.63, 3.8) is 0 Å². The third-order valence-corrected chi connectivity index (χ3v) is 5.96. The number of rotatable bonds is 6. The summed E-state index contributed by atoms with van der Waals surface area (Å²) in [4.78, 5) is 28.5. The van der Waals surface area contributed by atoms with Crippen molar-refractivity contribution in [1.82, 2.24) is 25.8 Å². The number of aryl methyl sites for hydroxylation is 1. The van der Waals surface area contributed by atoms with Gasteiger partial charge in [0.05, 0.1) is 5.75 Å². The summed E-state index contributed by atoms with van der Waals surface area (Å²) in [6.45, 7) is 4.25. The number of aromatic nitrogens is 3. The summed E-state index contributed by atoms with van der Waals surface area (Å²) in [5, 5.41) is 12.8. The van der Waals surface area contributed by atoms with Crippen LogP contribution in [0.15, 0.2) is 29.4 Å². The minimum Gasteiger partial charge on any atom is -0.335 e. The Morgan fingerprint density at radius 2 is 1.96 bits per heavy atom. The molecule has 1 aliphatic carbocycles. The number of carbonyl (C=O) groups is 2. The highest BCUT2D eigenvalue weighted by atomic mass is 32.2. The zero-order valence-corrected chi connectivity index (χ0v) is 17.1. The summed E-state index contributed by atoms with van der Waals surface area (Å²) in [5.41, 5.74) is 2.21. The van der Waals surface area contributed by atoms with Gasteiger partial charge in [-0.1, -0.05) is 62.7 Å². The Morgan fingerprint density at radius 3 is 2.68 bits per heavy atom. The largest absolute Gasteiger partial charge is 0.335 e. The van der Waals surface area contributed by atoms with Crippen LogP contribution in [-0.2, 0) is 11.2 Å². The summed E-state index contributed by atoms with van der Waals surface area (Å²) < 4.78 is 0. The van der Waals surface area contributed by atoms with Gasteiger partial charge in [-0.05, 0) is 30.7 Å². The van der Waals surface area contributed by atoms with Crippen molar-refractivity contribution in [2.75, 3.05) is 5.75 Å². The number of hydrogen-bond donors (Lipinski definition) is 3. The molecule has 0 spiro atoms. The summed E-state index contributed by atoms with van der Waals surface area (Å²) >= 11 is 1.19. The summed E-state index contributed by atoms with van der Waals surface area (Å²) in [7, 11) is 0. The van der Waals surface area contributed by atoms with E-state index in [1.807, 2.05) is 12.1 Å². The molecule has 28 heavy (non-hydrogen) atoms. The van der Waals surface area contributed by atoms with Crippen molar-refractivity contribution in [3.8, 4) is 11.4 Å². The lowest BCUT2D eigenvalue weighted by Gasteiger charge is -2.29. The normalized spacial score (nSPS) is 19.2. The van der Waals surface area contributed by atoms with Crippen molar-refractivity contribution in [2.24, 2.45) is 5.92 Å². The Balaban J connectivity index is 1.45. The Kier molecular flexibility index (Phi) is 7.08. The van der Waals surface area contributed by atoms with E-state index in [4.69, 9.17) is 0 Å². The van der Waals surface area contributed by atoms with E-state index in [-0.39, 0.29) is 17.7 Å². The Hall–Kier alpha value is -2.35. The second kappa shape index (κ2) is 9.73. The van der Waals surface area contributed by atoms with E-state index in [1.54, 1.807) is 0 Å².